The van der Waals surface area contributed by atoms with E-state index in [1.165, 1.54) is 6.92 Å². The highest BCUT2D eigenvalue weighted by molar-refractivity contribution is 5.92. The Bertz CT molecular complexity index is 307. The first-order valence-corrected chi connectivity index (χ1v) is 7.58. The second-order valence-corrected chi connectivity index (χ2v) is 4.08. The van der Waals surface area contributed by atoms with Gasteiger partial charge in [0.2, 0.25) is 11.8 Å². The van der Waals surface area contributed by atoms with Crippen LogP contribution in [0.2, 0.25) is 0 Å². The van der Waals surface area contributed by atoms with Gasteiger partial charge < -0.3 is 16.0 Å². The molecule has 0 heterocycles. The number of rotatable bonds is 6. The van der Waals surface area contributed by atoms with Crippen molar-refractivity contribution in [1.82, 2.24) is 16.0 Å². The van der Waals surface area contributed by atoms with Gasteiger partial charge in [-0.25, -0.2) is 0 Å². The molecule has 126 valence electrons. The van der Waals surface area contributed by atoms with E-state index in [2.05, 4.69) is 16.0 Å². The maximum atomic E-state index is 11.6. The zero-order valence-electron chi connectivity index (χ0n) is 15.0. The van der Waals surface area contributed by atoms with Crippen LogP contribution in [0.4, 0.5) is 0 Å². The lowest BCUT2D eigenvalue weighted by Gasteiger charge is -2.18. The van der Waals surface area contributed by atoms with Gasteiger partial charge in [0, 0.05) is 0 Å². The van der Waals surface area contributed by atoms with Crippen LogP contribution in [0.5, 0.6) is 0 Å². The molecule has 0 bridgehead atoms. The first-order valence-electron chi connectivity index (χ1n) is 7.58. The molecular formula is C15H33N3O3. The summed E-state index contributed by atoms with van der Waals surface area (Å²) in [7, 11) is 1.66. The Balaban J connectivity index is -0.000000739. The summed E-state index contributed by atoms with van der Waals surface area (Å²) in [5.41, 5.74) is 0. The van der Waals surface area contributed by atoms with Crippen LogP contribution in [0.15, 0.2) is 0 Å². The molecule has 6 heteroatoms. The van der Waals surface area contributed by atoms with E-state index >= 15 is 0 Å². The molecule has 0 aromatic carbocycles. The molecule has 3 N–H and O–H groups in total. The molecule has 0 rings (SSSR count). The van der Waals surface area contributed by atoms with E-state index < -0.39 is 12.1 Å². The van der Waals surface area contributed by atoms with E-state index in [4.69, 9.17) is 0 Å². The predicted octanol–water partition coefficient (Wildman–Crippen LogP) is 1.25. The Morgan fingerprint density at radius 1 is 0.714 bits per heavy atom. The molecule has 0 fully saturated rings. The third kappa shape index (κ3) is 12.1. The minimum absolute atomic E-state index is 0.125. The molecule has 0 saturated heterocycles. The second kappa shape index (κ2) is 15.0. The highest BCUT2D eigenvalue weighted by atomic mass is 16.2. The minimum Gasteiger partial charge on any atom is -0.345 e. The van der Waals surface area contributed by atoms with Crippen molar-refractivity contribution < 1.29 is 14.4 Å². The minimum atomic E-state index is -0.667. The van der Waals surface area contributed by atoms with E-state index in [1.807, 2.05) is 27.7 Å². The molecule has 0 aliphatic carbocycles. The van der Waals surface area contributed by atoms with Gasteiger partial charge in [-0.3, -0.25) is 14.4 Å². The molecule has 0 aromatic heterocycles. The average Bonchev–Trinajstić information content (AvgIpc) is 2.49. The first kappa shape index (κ1) is 24.6. The number of ketones is 1. The van der Waals surface area contributed by atoms with Crippen molar-refractivity contribution in [2.45, 2.75) is 73.5 Å². The highest BCUT2D eigenvalue weighted by Gasteiger charge is 2.20. The maximum absolute atomic E-state index is 11.6. The fourth-order valence-corrected chi connectivity index (χ4v) is 0.975. The number of Topliss-reactive ketones (excluding diaryl/α,β-unsaturated/α-hetero) is 1. The van der Waals surface area contributed by atoms with Crippen LogP contribution >= 0.6 is 0 Å². The van der Waals surface area contributed by atoms with Crippen LogP contribution in [-0.4, -0.2) is 42.8 Å². The molecule has 2 amide bonds. The highest BCUT2D eigenvalue weighted by Crippen LogP contribution is 1.90. The summed E-state index contributed by atoms with van der Waals surface area (Å²) in [6.45, 7) is 14.3. The van der Waals surface area contributed by atoms with Gasteiger partial charge in [-0.15, -0.1) is 0 Å². The molecule has 0 saturated carbocycles. The lowest BCUT2D eigenvalue weighted by Crippen LogP contribution is -2.52. The van der Waals surface area contributed by atoms with E-state index in [0.29, 0.717) is 0 Å². The van der Waals surface area contributed by atoms with Crippen molar-refractivity contribution in [2.75, 3.05) is 7.05 Å². The van der Waals surface area contributed by atoms with Crippen LogP contribution < -0.4 is 16.0 Å². The van der Waals surface area contributed by atoms with Crippen molar-refractivity contribution in [1.29, 1.82) is 0 Å². The van der Waals surface area contributed by atoms with Crippen LogP contribution in [0.1, 0.15) is 55.4 Å². The Morgan fingerprint density at radius 2 is 1.05 bits per heavy atom. The fourth-order valence-electron chi connectivity index (χ4n) is 0.975. The molecule has 21 heavy (non-hydrogen) atoms. The van der Waals surface area contributed by atoms with Crippen LogP contribution in [0, 0.1) is 0 Å². The SMILES string of the molecule is CC.CC.CNC(C)C(=O)NC(C)C(=O)NC(C)C(C)=O. The summed E-state index contributed by atoms with van der Waals surface area (Å²) < 4.78 is 0. The molecular weight excluding hydrogens is 270 g/mol. The summed E-state index contributed by atoms with van der Waals surface area (Å²) in [6.07, 6.45) is 0. The summed E-state index contributed by atoms with van der Waals surface area (Å²) >= 11 is 0. The largest absolute Gasteiger partial charge is 0.345 e. The zero-order chi connectivity index (χ0) is 17.6. The summed E-state index contributed by atoms with van der Waals surface area (Å²) in [5, 5.41) is 7.84. The Hall–Kier alpha value is -1.43. The van der Waals surface area contributed by atoms with E-state index in [-0.39, 0.29) is 23.6 Å². The van der Waals surface area contributed by atoms with Crippen molar-refractivity contribution in [2.24, 2.45) is 0 Å². The lowest BCUT2D eigenvalue weighted by atomic mass is 10.2. The Kier molecular flexibility index (Phi) is 17.5. The Labute approximate surface area is 129 Å². The first-order chi connectivity index (χ1) is 9.79. The molecule has 3 atom stereocenters. The van der Waals surface area contributed by atoms with Crippen LogP contribution in [-0.2, 0) is 14.4 Å². The van der Waals surface area contributed by atoms with Gasteiger partial charge in [-0.1, -0.05) is 27.7 Å². The van der Waals surface area contributed by atoms with Gasteiger partial charge in [0.15, 0.2) is 5.78 Å². The smallest absolute Gasteiger partial charge is 0.242 e. The van der Waals surface area contributed by atoms with E-state index in [0.717, 1.165) is 0 Å². The van der Waals surface area contributed by atoms with Gasteiger partial charge in [0.1, 0.15) is 6.04 Å². The number of hydrogen-bond acceptors (Lipinski definition) is 4. The summed E-state index contributed by atoms with van der Waals surface area (Å²) in [4.78, 5) is 34.1. The normalized spacial score (nSPS) is 13.2. The lowest BCUT2D eigenvalue weighted by molar-refractivity contribution is -0.131. The van der Waals surface area contributed by atoms with Gasteiger partial charge in [0.05, 0.1) is 12.1 Å². The maximum Gasteiger partial charge on any atom is 0.242 e. The number of nitrogens with one attached hydrogen (secondary N) is 3. The molecule has 0 aromatic rings. The van der Waals surface area contributed by atoms with Gasteiger partial charge in [-0.05, 0) is 34.7 Å². The average molecular weight is 303 g/mol. The van der Waals surface area contributed by atoms with E-state index in [9.17, 15) is 14.4 Å². The summed E-state index contributed by atoms with van der Waals surface area (Å²) in [5.74, 6) is -0.754. The third-order valence-corrected chi connectivity index (χ3v) is 2.55. The second-order valence-electron chi connectivity index (χ2n) is 4.08. The third-order valence-electron chi connectivity index (χ3n) is 2.55. The number of likely N-dealkylation sites (N-methyl/N-ethyl adjacent to an activating group) is 1. The molecule has 6 nitrogen and oxygen atoms in total. The topological polar surface area (TPSA) is 87.3 Å². The number of amides is 2. The quantitative estimate of drug-likeness (QED) is 0.689. The molecule has 0 spiro atoms. The van der Waals surface area contributed by atoms with Crippen molar-refractivity contribution >= 4 is 17.6 Å². The van der Waals surface area contributed by atoms with Gasteiger partial charge in [-0.2, -0.15) is 0 Å². The van der Waals surface area contributed by atoms with Crippen LogP contribution in [0.25, 0.3) is 0 Å². The Morgan fingerprint density at radius 3 is 1.38 bits per heavy atom. The van der Waals surface area contributed by atoms with Crippen molar-refractivity contribution in [3.63, 3.8) is 0 Å². The molecule has 0 aliphatic heterocycles. The number of carbonyl (C=O) groups is 3. The monoisotopic (exact) mass is 303 g/mol. The van der Waals surface area contributed by atoms with Gasteiger partial charge >= 0.3 is 0 Å². The predicted molar refractivity (Wildman–Crippen MR) is 87.1 cm³/mol. The number of hydrogen-bond donors (Lipinski definition) is 3. The molecule has 0 radical (unpaired) electrons. The number of carbonyl (C=O) groups excluding carboxylic acids is 3. The fraction of sp³-hybridized carbons (Fsp3) is 0.800. The van der Waals surface area contributed by atoms with Crippen molar-refractivity contribution in [3.05, 3.63) is 0 Å². The zero-order valence-corrected chi connectivity index (χ0v) is 15.0. The standard InChI is InChI=1S/C11H21N3O3.2C2H6/c1-6(9(4)15)13-11(17)8(3)14-10(16)7(2)12-5;2*1-2/h6-8,12H,1-5H3,(H,13,17)(H,14,16);2*1-2H3. The molecule has 0 aliphatic rings. The van der Waals surface area contributed by atoms with Gasteiger partial charge in [0.25, 0.3) is 0 Å². The molecule has 3 unspecified atom stereocenters. The summed E-state index contributed by atoms with van der Waals surface area (Å²) in [6, 6.07) is -1.57. The van der Waals surface area contributed by atoms with E-state index in [1.54, 1.807) is 27.8 Å². The van der Waals surface area contributed by atoms with Crippen LogP contribution in [0.3, 0.4) is 0 Å². The van der Waals surface area contributed by atoms with Crippen molar-refractivity contribution in [3.8, 4) is 0 Å².